The lowest BCUT2D eigenvalue weighted by molar-refractivity contribution is 0.129. The normalized spacial score (nSPS) is 55.5. The van der Waals surface area contributed by atoms with Gasteiger partial charge < -0.3 is 9.47 Å². The van der Waals surface area contributed by atoms with Gasteiger partial charge in [-0.15, -0.1) is 0 Å². The largest absolute Gasteiger partial charge is 0.496 e. The van der Waals surface area contributed by atoms with Gasteiger partial charge in [0.05, 0.1) is 14.2 Å². The van der Waals surface area contributed by atoms with Gasteiger partial charge in [0, 0.05) is 11.1 Å². The van der Waals surface area contributed by atoms with Gasteiger partial charge in [-0.25, -0.2) is 0 Å². The number of allylic oxidation sites excluding steroid dienone is 2. The Morgan fingerprint density at radius 2 is 1.32 bits per heavy atom. The van der Waals surface area contributed by atoms with E-state index in [1.807, 2.05) is 14.2 Å². The lowest BCUT2D eigenvalue weighted by Gasteiger charge is -2.50. The average molecular weight is 292 g/mol. The van der Waals surface area contributed by atoms with Crippen LogP contribution < -0.4 is 9.47 Å². The monoisotopic (exact) mass is 292 g/mol. The van der Waals surface area contributed by atoms with Crippen LogP contribution in [-0.4, -0.2) is 14.2 Å². The maximum Gasteiger partial charge on any atom is 0.122 e. The highest BCUT2D eigenvalue weighted by Crippen LogP contribution is 3.06. The summed E-state index contributed by atoms with van der Waals surface area (Å²) in [5, 5.41) is 0. The van der Waals surface area contributed by atoms with E-state index in [-0.39, 0.29) is 0 Å². The summed E-state index contributed by atoms with van der Waals surface area (Å²) >= 11 is 0. The first-order valence-corrected chi connectivity index (χ1v) is 8.72. The minimum Gasteiger partial charge on any atom is -0.496 e. The smallest absolute Gasteiger partial charge is 0.122 e. The van der Waals surface area contributed by atoms with E-state index < -0.39 is 0 Å². The molecule has 0 heterocycles. The van der Waals surface area contributed by atoms with Gasteiger partial charge >= 0.3 is 0 Å². The number of rotatable bonds is 2. The fourth-order valence-corrected chi connectivity index (χ4v) is 8.68. The SMILES string of the molecule is COc1ccc(OC)c2c1[C@@H]1[C@@H]3C4C5[C@@]16CC=CC[C@]56[C@H]2[C@H]43. The van der Waals surface area contributed by atoms with E-state index in [0.717, 1.165) is 47.0 Å². The van der Waals surface area contributed by atoms with E-state index in [1.165, 1.54) is 12.8 Å². The molecule has 0 aliphatic heterocycles. The minimum absolute atomic E-state index is 0.600. The molecule has 1 aromatic carbocycles. The van der Waals surface area contributed by atoms with Gasteiger partial charge in [-0.2, -0.15) is 0 Å². The van der Waals surface area contributed by atoms with Crippen molar-refractivity contribution in [2.75, 3.05) is 14.2 Å². The highest BCUT2D eigenvalue weighted by Gasteiger charge is 3.01. The zero-order valence-corrected chi connectivity index (χ0v) is 13.0. The minimum atomic E-state index is 0.600. The van der Waals surface area contributed by atoms with Crippen molar-refractivity contribution in [3.8, 4) is 11.5 Å². The molecule has 2 bridgehead atoms. The number of hydrogen-bond donors (Lipinski definition) is 0. The van der Waals surface area contributed by atoms with Gasteiger partial charge in [-0.1, -0.05) is 12.2 Å². The van der Waals surface area contributed by atoms with Crippen LogP contribution in [-0.2, 0) is 0 Å². The van der Waals surface area contributed by atoms with Crippen molar-refractivity contribution in [2.24, 2.45) is 34.5 Å². The summed E-state index contributed by atoms with van der Waals surface area (Å²) in [4.78, 5) is 0. The molecule has 0 amide bonds. The number of benzene rings is 1. The van der Waals surface area contributed by atoms with Crippen LogP contribution in [0.4, 0.5) is 0 Å². The zero-order chi connectivity index (χ0) is 14.4. The van der Waals surface area contributed by atoms with Gasteiger partial charge in [0.25, 0.3) is 0 Å². The summed E-state index contributed by atoms with van der Waals surface area (Å²) in [6.45, 7) is 0. The molecule has 1 aromatic rings. The first-order valence-electron chi connectivity index (χ1n) is 8.72. The Kier molecular flexibility index (Phi) is 1.45. The van der Waals surface area contributed by atoms with Gasteiger partial charge in [-0.05, 0) is 71.3 Å². The van der Waals surface area contributed by atoms with Crippen LogP contribution in [0.3, 0.4) is 0 Å². The predicted molar refractivity (Wildman–Crippen MR) is 82.2 cm³/mol. The van der Waals surface area contributed by atoms with E-state index in [0.29, 0.717) is 10.8 Å². The lowest BCUT2D eigenvalue weighted by atomic mass is 9.53. The Labute approximate surface area is 130 Å². The summed E-state index contributed by atoms with van der Waals surface area (Å²) in [7, 11) is 3.67. The number of hydrogen-bond acceptors (Lipinski definition) is 2. The fourth-order valence-electron chi connectivity index (χ4n) is 8.68. The van der Waals surface area contributed by atoms with Gasteiger partial charge in [0.2, 0.25) is 0 Å². The molecule has 0 saturated heterocycles. The lowest BCUT2D eigenvalue weighted by Crippen LogP contribution is -2.41. The van der Waals surface area contributed by atoms with Crippen LogP contribution >= 0.6 is 0 Å². The molecule has 7 aliphatic carbocycles. The first-order chi connectivity index (χ1) is 10.8. The van der Waals surface area contributed by atoms with Crippen molar-refractivity contribution < 1.29 is 9.47 Å². The van der Waals surface area contributed by atoms with Crippen LogP contribution in [0.1, 0.15) is 35.8 Å². The molecule has 2 nitrogen and oxygen atoms in total. The van der Waals surface area contributed by atoms with Crippen LogP contribution in [0.15, 0.2) is 24.3 Å². The second-order valence-electron chi connectivity index (χ2n) is 8.42. The third kappa shape index (κ3) is 0.714. The molecule has 8 atom stereocenters. The highest BCUT2D eigenvalue weighted by atomic mass is 16.5. The summed E-state index contributed by atoms with van der Waals surface area (Å²) in [6, 6.07) is 4.29. The molecular weight excluding hydrogens is 272 g/mol. The maximum atomic E-state index is 5.81. The Bertz CT molecular complexity index is 732. The molecule has 7 aliphatic rings. The molecule has 0 aromatic heterocycles. The molecule has 4 saturated carbocycles. The molecule has 2 unspecified atom stereocenters. The van der Waals surface area contributed by atoms with Gasteiger partial charge in [0.1, 0.15) is 11.5 Å². The zero-order valence-electron chi connectivity index (χ0n) is 13.0. The van der Waals surface area contributed by atoms with Crippen molar-refractivity contribution in [1.82, 2.24) is 0 Å². The molecule has 2 heteroatoms. The van der Waals surface area contributed by atoms with E-state index in [2.05, 4.69) is 24.3 Å². The van der Waals surface area contributed by atoms with E-state index in [4.69, 9.17) is 9.47 Å². The molecular formula is C20H20O2. The van der Waals surface area contributed by atoms with E-state index in [9.17, 15) is 0 Å². The summed E-state index contributed by atoms with van der Waals surface area (Å²) in [5.41, 5.74) is 4.29. The second kappa shape index (κ2) is 2.86. The van der Waals surface area contributed by atoms with Crippen LogP contribution in [0.25, 0.3) is 0 Å². The third-order valence-electron chi connectivity index (χ3n) is 8.70. The molecule has 2 spiro atoms. The van der Waals surface area contributed by atoms with Crippen molar-refractivity contribution in [3.05, 3.63) is 35.4 Å². The molecule has 0 N–H and O–H groups in total. The molecule has 4 fully saturated rings. The Morgan fingerprint density at radius 1 is 0.818 bits per heavy atom. The van der Waals surface area contributed by atoms with Crippen molar-refractivity contribution >= 4 is 0 Å². The Morgan fingerprint density at radius 3 is 1.77 bits per heavy atom. The van der Waals surface area contributed by atoms with Gasteiger partial charge in [-0.3, -0.25) is 0 Å². The third-order valence-corrected chi connectivity index (χ3v) is 8.70. The molecule has 22 heavy (non-hydrogen) atoms. The Hall–Kier alpha value is -1.44. The quantitative estimate of drug-likeness (QED) is 0.773. The van der Waals surface area contributed by atoms with Crippen LogP contribution in [0.2, 0.25) is 0 Å². The topological polar surface area (TPSA) is 18.5 Å². The predicted octanol–water partition coefficient (Wildman–Crippen LogP) is 3.73. The summed E-state index contributed by atoms with van der Waals surface area (Å²) < 4.78 is 11.6. The number of methoxy groups -OCH3 is 2. The average Bonchev–Trinajstić information content (AvgIpc) is 3.37. The van der Waals surface area contributed by atoms with Crippen LogP contribution in [0, 0.1) is 34.5 Å². The molecule has 8 rings (SSSR count). The van der Waals surface area contributed by atoms with E-state index in [1.54, 1.807) is 11.1 Å². The fraction of sp³-hybridized carbons (Fsp3) is 0.600. The first kappa shape index (κ1) is 11.2. The van der Waals surface area contributed by atoms with E-state index >= 15 is 0 Å². The standard InChI is InChI=1S/C20H20O2/c1-21-9-5-6-10(22-2)12-11(9)16-13-14-15(13)18-19(16)7-3-4-8-20(18,19)17(12)14/h3-6,13-18H,7-8H2,1-2H3/t13-,14-,15?,16+,17+,18?,19-,20+/m0/s1. The van der Waals surface area contributed by atoms with Crippen molar-refractivity contribution in [3.63, 3.8) is 0 Å². The molecule has 112 valence electrons. The summed E-state index contributed by atoms with van der Waals surface area (Å²) in [6.07, 6.45) is 7.59. The highest BCUT2D eigenvalue weighted by molar-refractivity contribution is 5.69. The van der Waals surface area contributed by atoms with Crippen molar-refractivity contribution in [1.29, 1.82) is 0 Å². The maximum absolute atomic E-state index is 5.81. The molecule has 0 radical (unpaired) electrons. The number of ether oxygens (including phenoxy) is 2. The van der Waals surface area contributed by atoms with Gasteiger partial charge in [0.15, 0.2) is 0 Å². The second-order valence-corrected chi connectivity index (χ2v) is 8.42. The Balaban J connectivity index is 1.60. The van der Waals surface area contributed by atoms with Crippen molar-refractivity contribution in [2.45, 2.75) is 24.7 Å². The summed E-state index contributed by atoms with van der Waals surface area (Å²) in [5.74, 6) is 7.72. The van der Waals surface area contributed by atoms with Crippen LogP contribution in [0.5, 0.6) is 11.5 Å².